The zero-order chi connectivity index (χ0) is 15.8. The van der Waals surface area contributed by atoms with E-state index in [9.17, 15) is 13.2 Å². The first-order valence-electron chi connectivity index (χ1n) is 5.21. The van der Waals surface area contributed by atoms with Crippen molar-refractivity contribution in [2.24, 2.45) is 0 Å². The fraction of sp³-hybridized carbons (Fsp3) is 0. The first kappa shape index (κ1) is 16.3. The third-order valence-electron chi connectivity index (χ3n) is 2.33. The van der Waals surface area contributed by atoms with Gasteiger partial charge in [-0.25, -0.2) is 13.2 Å². The molecule has 21 heavy (non-hydrogen) atoms. The molecule has 2 aromatic rings. The molecular formula is C11H6Br2ClNO5S. The van der Waals surface area contributed by atoms with Gasteiger partial charge >= 0.3 is 5.97 Å². The Morgan fingerprint density at radius 3 is 2.48 bits per heavy atom. The average Bonchev–Trinajstić information content (AvgIpc) is 2.76. The summed E-state index contributed by atoms with van der Waals surface area (Å²) >= 11 is 11.8. The summed E-state index contributed by atoms with van der Waals surface area (Å²) in [4.78, 5) is 10.5. The number of rotatable bonds is 4. The number of carboxylic acids is 1. The number of aromatic carboxylic acids is 1. The van der Waals surface area contributed by atoms with Gasteiger partial charge in [0.15, 0.2) is 4.67 Å². The molecule has 112 valence electrons. The molecule has 0 amide bonds. The van der Waals surface area contributed by atoms with E-state index < -0.39 is 21.8 Å². The lowest BCUT2D eigenvalue weighted by Gasteiger charge is -2.08. The number of nitrogens with one attached hydrogen (secondary N) is 1. The van der Waals surface area contributed by atoms with Gasteiger partial charge in [0, 0.05) is 15.6 Å². The van der Waals surface area contributed by atoms with E-state index in [1.54, 1.807) is 0 Å². The molecule has 0 saturated carbocycles. The Morgan fingerprint density at radius 2 is 1.95 bits per heavy atom. The molecule has 1 heterocycles. The van der Waals surface area contributed by atoms with Gasteiger partial charge < -0.3 is 9.52 Å². The highest BCUT2D eigenvalue weighted by Crippen LogP contribution is 2.31. The number of sulfonamides is 1. The lowest BCUT2D eigenvalue weighted by atomic mass is 10.3. The number of benzene rings is 1. The van der Waals surface area contributed by atoms with Gasteiger partial charge in [-0.05, 0) is 50.1 Å². The van der Waals surface area contributed by atoms with Crippen LogP contribution >= 0.6 is 43.5 Å². The number of hydrogen-bond donors (Lipinski definition) is 2. The molecule has 0 spiro atoms. The topological polar surface area (TPSA) is 96.6 Å². The molecule has 1 aromatic heterocycles. The SMILES string of the molecule is O=C(O)c1cc(S(=O)(=O)Nc2ccc(Cl)cc2Br)c(Br)o1. The molecular weight excluding hydrogens is 453 g/mol. The summed E-state index contributed by atoms with van der Waals surface area (Å²) in [5, 5.41) is 9.23. The Bertz CT molecular complexity index is 818. The van der Waals surface area contributed by atoms with Crippen LogP contribution in [0.1, 0.15) is 10.6 Å². The molecule has 0 aliphatic heterocycles. The number of carboxylic acid groups (broad SMARTS) is 1. The van der Waals surface area contributed by atoms with E-state index in [2.05, 4.69) is 36.6 Å². The van der Waals surface area contributed by atoms with Crippen molar-refractivity contribution in [1.29, 1.82) is 0 Å². The summed E-state index contributed by atoms with van der Waals surface area (Å²) in [5.41, 5.74) is 0.254. The molecule has 0 aliphatic carbocycles. The molecule has 0 aliphatic rings. The minimum absolute atomic E-state index is 0.197. The van der Waals surface area contributed by atoms with E-state index in [1.807, 2.05) is 0 Å². The monoisotopic (exact) mass is 457 g/mol. The average molecular weight is 459 g/mol. The van der Waals surface area contributed by atoms with Gasteiger partial charge in [-0.3, -0.25) is 4.72 Å². The van der Waals surface area contributed by atoms with Gasteiger partial charge in [0.2, 0.25) is 5.76 Å². The van der Waals surface area contributed by atoms with E-state index in [-0.39, 0.29) is 15.3 Å². The van der Waals surface area contributed by atoms with Crippen LogP contribution in [0.3, 0.4) is 0 Å². The van der Waals surface area contributed by atoms with Gasteiger partial charge in [-0.2, -0.15) is 0 Å². The second kappa shape index (κ2) is 5.99. The first-order chi connectivity index (χ1) is 9.70. The summed E-state index contributed by atoms with van der Waals surface area (Å²) in [5.74, 6) is -1.86. The molecule has 0 atom stereocenters. The van der Waals surface area contributed by atoms with Crippen LogP contribution in [0.5, 0.6) is 0 Å². The highest BCUT2D eigenvalue weighted by Gasteiger charge is 2.25. The summed E-state index contributed by atoms with van der Waals surface area (Å²) in [6, 6.07) is 5.42. The van der Waals surface area contributed by atoms with E-state index in [0.717, 1.165) is 6.07 Å². The van der Waals surface area contributed by atoms with Crippen LogP contribution in [-0.2, 0) is 10.0 Å². The van der Waals surface area contributed by atoms with Crippen molar-refractivity contribution < 1.29 is 22.7 Å². The molecule has 2 rings (SSSR count). The second-order valence-corrected chi connectivity index (χ2v) is 7.45. The predicted octanol–water partition coefficient (Wildman–Crippen LogP) is 3.96. The third-order valence-corrected chi connectivity index (χ3v) is 5.44. The van der Waals surface area contributed by atoms with Crippen molar-refractivity contribution in [3.8, 4) is 0 Å². The lowest BCUT2D eigenvalue weighted by molar-refractivity contribution is 0.0661. The van der Waals surface area contributed by atoms with Crippen LogP contribution in [0.25, 0.3) is 0 Å². The van der Waals surface area contributed by atoms with Crippen LogP contribution in [0, 0.1) is 0 Å². The van der Waals surface area contributed by atoms with Crippen molar-refractivity contribution >= 4 is 65.1 Å². The third kappa shape index (κ3) is 3.60. The van der Waals surface area contributed by atoms with Crippen molar-refractivity contribution in [2.45, 2.75) is 4.90 Å². The minimum atomic E-state index is -4.02. The van der Waals surface area contributed by atoms with Crippen molar-refractivity contribution in [1.82, 2.24) is 0 Å². The maximum absolute atomic E-state index is 12.2. The number of carbonyl (C=O) groups is 1. The van der Waals surface area contributed by atoms with Crippen LogP contribution < -0.4 is 4.72 Å². The maximum atomic E-state index is 12.2. The summed E-state index contributed by atoms with van der Waals surface area (Å²) in [6.07, 6.45) is 0. The quantitative estimate of drug-likeness (QED) is 0.722. The van der Waals surface area contributed by atoms with Gasteiger partial charge in [0.1, 0.15) is 4.90 Å². The molecule has 0 unspecified atom stereocenters. The standard InChI is InChI=1S/C11H6Br2ClNO5S/c12-6-3-5(14)1-2-7(6)15-21(18,19)9-4-8(11(16)17)20-10(9)13/h1-4,15H,(H,16,17). The van der Waals surface area contributed by atoms with Crippen molar-refractivity contribution in [3.05, 3.63) is 44.2 Å². The summed E-state index contributed by atoms with van der Waals surface area (Å²) in [7, 11) is -4.02. The van der Waals surface area contributed by atoms with Gasteiger partial charge in [-0.1, -0.05) is 11.6 Å². The van der Waals surface area contributed by atoms with Crippen LogP contribution in [0.15, 0.2) is 42.7 Å². The zero-order valence-corrected chi connectivity index (χ0v) is 14.7. The highest BCUT2D eigenvalue weighted by atomic mass is 79.9. The molecule has 1 aromatic carbocycles. The normalized spacial score (nSPS) is 11.4. The Morgan fingerprint density at radius 1 is 1.29 bits per heavy atom. The van der Waals surface area contributed by atoms with Gasteiger partial charge in [0.05, 0.1) is 5.69 Å². The summed E-state index contributed by atoms with van der Waals surface area (Å²) in [6.45, 7) is 0. The van der Waals surface area contributed by atoms with Crippen molar-refractivity contribution in [3.63, 3.8) is 0 Å². The Labute approximate surface area is 141 Å². The summed E-state index contributed by atoms with van der Waals surface area (Å²) < 4.78 is 31.9. The van der Waals surface area contributed by atoms with E-state index >= 15 is 0 Å². The number of furan rings is 1. The maximum Gasteiger partial charge on any atom is 0.371 e. The molecule has 0 saturated heterocycles. The van der Waals surface area contributed by atoms with Crippen LogP contribution in [-0.4, -0.2) is 19.5 Å². The molecule has 0 radical (unpaired) electrons. The molecule has 0 fully saturated rings. The molecule has 6 nitrogen and oxygen atoms in total. The Hall–Kier alpha value is -1.03. The zero-order valence-electron chi connectivity index (χ0n) is 9.93. The Kier molecular flexibility index (Phi) is 4.66. The number of anilines is 1. The number of halogens is 3. The largest absolute Gasteiger partial charge is 0.475 e. The van der Waals surface area contributed by atoms with Crippen molar-refractivity contribution in [2.75, 3.05) is 4.72 Å². The molecule has 10 heteroatoms. The lowest BCUT2D eigenvalue weighted by Crippen LogP contribution is -2.13. The van der Waals surface area contributed by atoms with E-state index in [4.69, 9.17) is 21.1 Å². The van der Waals surface area contributed by atoms with Crippen LogP contribution in [0.4, 0.5) is 5.69 Å². The van der Waals surface area contributed by atoms with Crippen LogP contribution in [0.2, 0.25) is 5.02 Å². The highest BCUT2D eigenvalue weighted by molar-refractivity contribution is 9.10. The minimum Gasteiger partial charge on any atom is -0.475 e. The van der Waals surface area contributed by atoms with Gasteiger partial charge in [0.25, 0.3) is 10.0 Å². The smallest absolute Gasteiger partial charge is 0.371 e. The fourth-order valence-corrected chi connectivity index (χ4v) is 4.35. The number of hydrogen-bond acceptors (Lipinski definition) is 4. The second-order valence-electron chi connectivity index (χ2n) is 3.78. The van der Waals surface area contributed by atoms with E-state index in [0.29, 0.717) is 9.50 Å². The Balaban J connectivity index is 2.41. The molecule has 2 N–H and O–H groups in total. The first-order valence-corrected chi connectivity index (χ1v) is 8.66. The van der Waals surface area contributed by atoms with E-state index in [1.165, 1.54) is 18.2 Å². The molecule has 0 bridgehead atoms. The predicted molar refractivity (Wildman–Crippen MR) is 83.3 cm³/mol. The van der Waals surface area contributed by atoms with Gasteiger partial charge in [-0.15, -0.1) is 0 Å². The fourth-order valence-electron chi connectivity index (χ4n) is 1.41.